The van der Waals surface area contributed by atoms with Crippen LogP contribution in [-0.4, -0.2) is 59.7 Å². The highest BCUT2D eigenvalue weighted by atomic mass is 35.5. The molecule has 2 aromatic carbocycles. The monoisotopic (exact) mass is 441 g/mol. The van der Waals surface area contributed by atoms with Crippen molar-refractivity contribution in [3.05, 3.63) is 76.2 Å². The van der Waals surface area contributed by atoms with Crippen LogP contribution in [0.5, 0.6) is 0 Å². The summed E-state index contributed by atoms with van der Waals surface area (Å²) in [5, 5.41) is 0.564. The van der Waals surface area contributed by atoms with Crippen molar-refractivity contribution in [1.29, 1.82) is 0 Å². The Kier molecular flexibility index (Phi) is 6.12. The number of likely N-dealkylation sites (N-methyl/N-ethyl adjacent to an activating group) is 1. The fourth-order valence-corrected chi connectivity index (χ4v) is 4.37. The minimum Gasteiger partial charge on any atom is -0.366 e. The van der Waals surface area contributed by atoms with Gasteiger partial charge in [-0.15, -0.1) is 0 Å². The minimum absolute atomic E-state index is 0.0970. The van der Waals surface area contributed by atoms with E-state index in [0.29, 0.717) is 27.4 Å². The molecule has 2 heterocycles. The quantitative estimate of drug-likeness (QED) is 0.662. The van der Waals surface area contributed by atoms with Crippen LogP contribution in [0.3, 0.4) is 0 Å². The predicted molar refractivity (Wildman–Crippen MR) is 119 cm³/mol. The number of carbonyl (C=O) groups is 2. The van der Waals surface area contributed by atoms with Crippen molar-refractivity contribution in [2.24, 2.45) is 0 Å². The number of carbonyl (C=O) groups excluding carboxylic acids is 2. The molecule has 0 aromatic heterocycles. The van der Waals surface area contributed by atoms with Gasteiger partial charge in [0.2, 0.25) is 0 Å². The summed E-state index contributed by atoms with van der Waals surface area (Å²) in [4.78, 5) is 32.4. The van der Waals surface area contributed by atoms with Gasteiger partial charge >= 0.3 is 0 Å². The van der Waals surface area contributed by atoms with Gasteiger partial charge in [0.25, 0.3) is 11.8 Å². The Morgan fingerprint density at radius 3 is 2.23 bits per heavy atom. The van der Waals surface area contributed by atoms with Crippen LogP contribution in [0.25, 0.3) is 5.57 Å². The third kappa shape index (κ3) is 4.36. The summed E-state index contributed by atoms with van der Waals surface area (Å²) in [6.07, 6.45) is 1.84. The molecule has 31 heavy (non-hydrogen) atoms. The number of amides is 2. The SMILES string of the molecule is CN1CCC(N(C)C2=C(c3ccc(Cl)cc3)C(=O)N(Cc3ccc(F)cc3)C2=O)CC1. The predicted octanol–water partition coefficient (Wildman–Crippen LogP) is 3.79. The lowest BCUT2D eigenvalue weighted by atomic mass is 10.0. The molecule has 1 saturated heterocycles. The minimum atomic E-state index is -0.356. The Bertz CT molecular complexity index is 1010. The van der Waals surface area contributed by atoms with Gasteiger partial charge in [0.15, 0.2) is 0 Å². The smallest absolute Gasteiger partial charge is 0.278 e. The van der Waals surface area contributed by atoms with Crippen molar-refractivity contribution in [3.63, 3.8) is 0 Å². The molecule has 162 valence electrons. The van der Waals surface area contributed by atoms with Gasteiger partial charge in [-0.05, 0) is 68.4 Å². The van der Waals surface area contributed by atoms with Crippen molar-refractivity contribution in [1.82, 2.24) is 14.7 Å². The van der Waals surface area contributed by atoms with Gasteiger partial charge in [0.05, 0.1) is 12.1 Å². The molecule has 0 spiro atoms. The van der Waals surface area contributed by atoms with Gasteiger partial charge in [-0.3, -0.25) is 14.5 Å². The van der Waals surface area contributed by atoms with Crippen molar-refractivity contribution in [2.75, 3.05) is 27.2 Å². The first kappa shape index (κ1) is 21.5. The van der Waals surface area contributed by atoms with Crippen LogP contribution in [0.15, 0.2) is 54.2 Å². The normalized spacial score (nSPS) is 18.3. The molecule has 2 aromatic rings. The highest BCUT2D eigenvalue weighted by molar-refractivity contribution is 6.35. The molecule has 1 fully saturated rings. The second kappa shape index (κ2) is 8.81. The van der Waals surface area contributed by atoms with Crippen LogP contribution in [0.2, 0.25) is 5.02 Å². The maximum Gasteiger partial charge on any atom is 0.278 e. The van der Waals surface area contributed by atoms with Gasteiger partial charge in [-0.1, -0.05) is 35.9 Å². The molecule has 2 aliphatic rings. The highest BCUT2D eigenvalue weighted by Crippen LogP contribution is 2.34. The molecule has 0 saturated carbocycles. The van der Waals surface area contributed by atoms with Crippen LogP contribution >= 0.6 is 11.6 Å². The van der Waals surface area contributed by atoms with E-state index in [2.05, 4.69) is 11.9 Å². The Hall–Kier alpha value is -2.70. The molecule has 0 radical (unpaired) electrons. The molecule has 5 nitrogen and oxygen atoms in total. The van der Waals surface area contributed by atoms with Crippen LogP contribution in [0.4, 0.5) is 4.39 Å². The molecular formula is C24H25ClFN3O2. The Balaban J connectivity index is 1.70. The van der Waals surface area contributed by atoms with E-state index in [0.717, 1.165) is 25.9 Å². The fourth-order valence-electron chi connectivity index (χ4n) is 4.25. The Labute approximate surface area is 186 Å². The number of hydrogen-bond donors (Lipinski definition) is 0. The number of likely N-dealkylation sites (tertiary alicyclic amines) is 1. The van der Waals surface area contributed by atoms with E-state index in [1.807, 2.05) is 11.9 Å². The van der Waals surface area contributed by atoms with E-state index in [4.69, 9.17) is 11.6 Å². The van der Waals surface area contributed by atoms with Crippen molar-refractivity contribution in [3.8, 4) is 0 Å². The van der Waals surface area contributed by atoms with Gasteiger partial charge < -0.3 is 9.80 Å². The molecule has 7 heteroatoms. The summed E-state index contributed by atoms with van der Waals surface area (Å²) in [6.45, 7) is 1.99. The number of imide groups is 1. The Morgan fingerprint density at radius 1 is 1.00 bits per heavy atom. The van der Waals surface area contributed by atoms with Gasteiger partial charge in [0.1, 0.15) is 11.5 Å². The zero-order chi connectivity index (χ0) is 22.1. The molecule has 2 aliphatic heterocycles. The molecule has 0 aliphatic carbocycles. The molecular weight excluding hydrogens is 417 g/mol. The van der Waals surface area contributed by atoms with E-state index in [1.54, 1.807) is 36.4 Å². The van der Waals surface area contributed by atoms with Gasteiger partial charge in [0, 0.05) is 18.1 Å². The molecule has 2 amide bonds. The Morgan fingerprint density at radius 2 is 1.61 bits per heavy atom. The van der Waals surface area contributed by atoms with Crippen LogP contribution in [-0.2, 0) is 16.1 Å². The lowest BCUT2D eigenvalue weighted by molar-refractivity contribution is -0.138. The first-order valence-electron chi connectivity index (χ1n) is 10.4. The second-order valence-electron chi connectivity index (χ2n) is 8.20. The van der Waals surface area contributed by atoms with Crippen molar-refractivity contribution in [2.45, 2.75) is 25.4 Å². The van der Waals surface area contributed by atoms with Crippen molar-refractivity contribution < 1.29 is 14.0 Å². The first-order chi connectivity index (χ1) is 14.8. The average Bonchev–Trinajstić information content (AvgIpc) is 3.00. The number of halogens is 2. The second-order valence-corrected chi connectivity index (χ2v) is 8.64. The first-order valence-corrected chi connectivity index (χ1v) is 10.7. The largest absolute Gasteiger partial charge is 0.366 e. The zero-order valence-electron chi connectivity index (χ0n) is 17.6. The molecule has 4 rings (SSSR count). The van der Waals surface area contributed by atoms with Crippen LogP contribution in [0.1, 0.15) is 24.0 Å². The topological polar surface area (TPSA) is 43.9 Å². The van der Waals surface area contributed by atoms with Gasteiger partial charge in [-0.25, -0.2) is 4.39 Å². The third-order valence-electron chi connectivity index (χ3n) is 6.12. The molecule has 0 atom stereocenters. The maximum absolute atomic E-state index is 13.5. The van der Waals surface area contributed by atoms with E-state index < -0.39 is 0 Å². The maximum atomic E-state index is 13.5. The summed E-state index contributed by atoms with van der Waals surface area (Å²) in [7, 11) is 3.98. The number of benzene rings is 2. The summed E-state index contributed by atoms with van der Waals surface area (Å²) >= 11 is 6.04. The average molecular weight is 442 g/mol. The van der Waals surface area contributed by atoms with Crippen LogP contribution in [0, 0.1) is 5.82 Å². The standard InChI is InChI=1S/C24H25ClFN3O2/c1-27-13-11-20(12-14-27)28(2)22-21(17-5-7-18(25)8-6-17)23(30)29(24(22)31)15-16-3-9-19(26)10-4-16/h3-10,20H,11-15H2,1-2H3. The summed E-state index contributed by atoms with van der Waals surface area (Å²) < 4.78 is 13.3. The summed E-state index contributed by atoms with van der Waals surface area (Å²) in [5.41, 5.74) is 2.18. The summed E-state index contributed by atoms with van der Waals surface area (Å²) in [6, 6.07) is 13.0. The highest BCUT2D eigenvalue weighted by Gasteiger charge is 2.42. The number of hydrogen-bond acceptors (Lipinski definition) is 4. The number of nitrogens with zero attached hydrogens (tertiary/aromatic N) is 3. The third-order valence-corrected chi connectivity index (χ3v) is 6.37. The van der Waals surface area contributed by atoms with Crippen LogP contribution < -0.4 is 0 Å². The number of rotatable bonds is 5. The van der Waals surface area contributed by atoms with Gasteiger partial charge in [-0.2, -0.15) is 0 Å². The lowest BCUT2D eigenvalue weighted by Gasteiger charge is -2.36. The van der Waals surface area contributed by atoms with E-state index in [-0.39, 0.29) is 30.2 Å². The molecule has 0 unspecified atom stereocenters. The van der Waals surface area contributed by atoms with Crippen molar-refractivity contribution >= 4 is 29.0 Å². The van der Waals surface area contributed by atoms with E-state index in [9.17, 15) is 14.0 Å². The van der Waals surface area contributed by atoms with E-state index in [1.165, 1.54) is 17.0 Å². The summed E-state index contributed by atoms with van der Waals surface area (Å²) in [5.74, 6) is -1.02. The lowest BCUT2D eigenvalue weighted by Crippen LogP contribution is -2.43. The fraction of sp³-hybridized carbons (Fsp3) is 0.333. The van der Waals surface area contributed by atoms with E-state index >= 15 is 0 Å². The number of piperidine rings is 1. The molecule has 0 bridgehead atoms. The zero-order valence-corrected chi connectivity index (χ0v) is 18.4. The molecule has 0 N–H and O–H groups in total.